The van der Waals surface area contributed by atoms with Crippen molar-refractivity contribution in [2.24, 2.45) is 29.6 Å². The summed E-state index contributed by atoms with van der Waals surface area (Å²) in [4.78, 5) is 0. The van der Waals surface area contributed by atoms with Crippen LogP contribution in [0.3, 0.4) is 0 Å². The zero-order valence-electron chi connectivity index (χ0n) is 15.7. The van der Waals surface area contributed by atoms with E-state index >= 15 is 0 Å². The third kappa shape index (κ3) is 5.60. The third-order valence-electron chi connectivity index (χ3n) is 5.78. The monoisotopic (exact) mass is 322 g/mol. The Morgan fingerprint density at radius 1 is 0.957 bits per heavy atom. The lowest BCUT2D eigenvalue weighted by Crippen LogP contribution is -2.29. The van der Waals surface area contributed by atoms with Gasteiger partial charge in [-0.2, -0.15) is 0 Å². The Morgan fingerprint density at radius 2 is 1.52 bits per heavy atom. The van der Waals surface area contributed by atoms with Crippen molar-refractivity contribution < 1.29 is 9.50 Å². The molecule has 0 radical (unpaired) electrons. The fourth-order valence-corrected chi connectivity index (χ4v) is 3.66. The lowest BCUT2D eigenvalue weighted by Gasteiger charge is -2.36. The highest BCUT2D eigenvalue weighted by molar-refractivity contribution is 5.22. The van der Waals surface area contributed by atoms with E-state index in [9.17, 15) is 9.50 Å². The lowest BCUT2D eigenvalue weighted by atomic mass is 9.70. The Labute approximate surface area is 142 Å². The summed E-state index contributed by atoms with van der Waals surface area (Å²) in [7, 11) is 0. The summed E-state index contributed by atoms with van der Waals surface area (Å²) in [5.74, 6) is 2.50. The van der Waals surface area contributed by atoms with Gasteiger partial charge in [-0.15, -0.1) is 0 Å². The second kappa shape index (κ2) is 9.42. The van der Waals surface area contributed by atoms with Gasteiger partial charge >= 0.3 is 0 Å². The van der Waals surface area contributed by atoms with Crippen LogP contribution in [0, 0.1) is 35.4 Å². The van der Waals surface area contributed by atoms with Crippen LogP contribution >= 0.6 is 0 Å². The highest BCUT2D eigenvalue weighted by atomic mass is 19.1. The van der Waals surface area contributed by atoms with Crippen molar-refractivity contribution in [1.82, 2.24) is 0 Å². The summed E-state index contributed by atoms with van der Waals surface area (Å²) in [6.07, 6.45) is 2.20. The van der Waals surface area contributed by atoms with Gasteiger partial charge in [-0.1, -0.05) is 60.1 Å². The first kappa shape index (κ1) is 20.2. The molecule has 0 aliphatic heterocycles. The maximum Gasteiger partial charge on any atom is 0.123 e. The Morgan fingerprint density at radius 3 is 1.91 bits per heavy atom. The fourth-order valence-electron chi connectivity index (χ4n) is 3.66. The number of hydrogen-bond donors (Lipinski definition) is 1. The van der Waals surface area contributed by atoms with Crippen LogP contribution in [0.1, 0.15) is 65.9 Å². The third-order valence-corrected chi connectivity index (χ3v) is 5.78. The van der Waals surface area contributed by atoms with Crippen molar-refractivity contribution in [3.05, 3.63) is 35.6 Å². The molecule has 1 aromatic rings. The highest BCUT2D eigenvalue weighted by Gasteiger charge is 2.31. The normalized spacial score (nSPS) is 17.3. The summed E-state index contributed by atoms with van der Waals surface area (Å²) in [6, 6.07) is 6.91. The van der Waals surface area contributed by atoms with Gasteiger partial charge in [0.15, 0.2) is 0 Å². The van der Waals surface area contributed by atoms with Crippen molar-refractivity contribution >= 4 is 0 Å². The first-order valence-corrected chi connectivity index (χ1v) is 9.18. The van der Waals surface area contributed by atoms with Crippen LogP contribution < -0.4 is 0 Å². The Hall–Kier alpha value is -0.890. The number of aliphatic hydroxyl groups is 1. The topological polar surface area (TPSA) is 20.2 Å². The molecule has 1 rings (SSSR count). The maximum atomic E-state index is 13.3. The second-order valence-corrected chi connectivity index (χ2v) is 7.76. The van der Waals surface area contributed by atoms with Crippen LogP contribution in [0.5, 0.6) is 0 Å². The number of hydrogen-bond acceptors (Lipinski definition) is 1. The Bertz CT molecular complexity index is 438. The van der Waals surface area contributed by atoms with Gasteiger partial charge in [-0.3, -0.25) is 0 Å². The van der Waals surface area contributed by atoms with E-state index < -0.39 is 0 Å². The van der Waals surface area contributed by atoms with E-state index in [0.717, 1.165) is 18.4 Å². The Kier molecular flexibility index (Phi) is 8.25. The van der Waals surface area contributed by atoms with Crippen molar-refractivity contribution in [2.75, 3.05) is 6.61 Å². The average molecular weight is 323 g/mol. The SMILES string of the molecule is CCC(CC(c1ccc(F)cc1)C(CO)C(C)C(C)C)C(C)C. The quantitative estimate of drug-likeness (QED) is 0.601. The molecule has 1 N–H and O–H groups in total. The molecule has 0 saturated heterocycles. The van der Waals surface area contributed by atoms with Crippen LogP contribution in [0.25, 0.3) is 0 Å². The lowest BCUT2D eigenvalue weighted by molar-refractivity contribution is 0.117. The van der Waals surface area contributed by atoms with Crippen LogP contribution in [-0.4, -0.2) is 11.7 Å². The minimum atomic E-state index is -0.194. The molecular weight excluding hydrogens is 287 g/mol. The van der Waals surface area contributed by atoms with Gasteiger partial charge in [-0.25, -0.2) is 4.39 Å². The van der Waals surface area contributed by atoms with E-state index in [-0.39, 0.29) is 24.3 Å². The Balaban J connectivity index is 3.15. The molecular formula is C21H35FO. The molecule has 2 heteroatoms. The molecule has 0 aliphatic carbocycles. The van der Waals surface area contributed by atoms with E-state index in [1.54, 1.807) is 12.1 Å². The largest absolute Gasteiger partial charge is 0.396 e. The van der Waals surface area contributed by atoms with Gasteiger partial charge in [0.05, 0.1) is 0 Å². The molecule has 0 aromatic heterocycles. The highest BCUT2D eigenvalue weighted by Crippen LogP contribution is 2.40. The molecule has 1 aromatic carbocycles. The van der Waals surface area contributed by atoms with Gasteiger partial charge in [0.25, 0.3) is 0 Å². The molecule has 0 heterocycles. The summed E-state index contributed by atoms with van der Waals surface area (Å²) >= 11 is 0. The molecule has 0 amide bonds. The maximum absolute atomic E-state index is 13.3. The van der Waals surface area contributed by atoms with Gasteiger partial charge in [0.1, 0.15) is 5.82 Å². The van der Waals surface area contributed by atoms with Gasteiger partial charge < -0.3 is 5.11 Å². The second-order valence-electron chi connectivity index (χ2n) is 7.76. The summed E-state index contributed by atoms with van der Waals surface area (Å²) in [6.45, 7) is 13.6. The summed E-state index contributed by atoms with van der Waals surface area (Å²) in [5, 5.41) is 10.1. The number of benzene rings is 1. The van der Waals surface area contributed by atoms with Crippen LogP contribution in [0.4, 0.5) is 4.39 Å². The van der Waals surface area contributed by atoms with Gasteiger partial charge in [0, 0.05) is 6.61 Å². The van der Waals surface area contributed by atoms with Crippen molar-refractivity contribution in [3.8, 4) is 0 Å². The molecule has 132 valence electrons. The first-order valence-electron chi connectivity index (χ1n) is 9.18. The van der Waals surface area contributed by atoms with Crippen molar-refractivity contribution in [3.63, 3.8) is 0 Å². The molecule has 4 atom stereocenters. The predicted molar refractivity (Wildman–Crippen MR) is 97.0 cm³/mol. The van der Waals surface area contributed by atoms with Crippen molar-refractivity contribution in [2.45, 2.75) is 60.3 Å². The van der Waals surface area contributed by atoms with E-state index in [4.69, 9.17) is 0 Å². The minimum Gasteiger partial charge on any atom is -0.396 e. The van der Waals surface area contributed by atoms with Gasteiger partial charge in [0.2, 0.25) is 0 Å². The minimum absolute atomic E-state index is 0.190. The average Bonchev–Trinajstić information content (AvgIpc) is 2.51. The molecule has 23 heavy (non-hydrogen) atoms. The van der Waals surface area contributed by atoms with Crippen molar-refractivity contribution in [1.29, 1.82) is 0 Å². The van der Waals surface area contributed by atoms with Crippen LogP contribution in [0.2, 0.25) is 0 Å². The molecule has 0 fully saturated rings. The molecule has 0 saturated carbocycles. The number of halogens is 1. The van der Waals surface area contributed by atoms with Gasteiger partial charge in [-0.05, 0) is 59.6 Å². The predicted octanol–water partition coefficient (Wildman–Crippen LogP) is 5.88. The van der Waals surface area contributed by atoms with E-state index in [2.05, 4.69) is 41.5 Å². The molecule has 4 unspecified atom stereocenters. The fraction of sp³-hybridized carbons (Fsp3) is 0.714. The van der Waals surface area contributed by atoms with E-state index in [1.165, 1.54) is 0 Å². The summed E-state index contributed by atoms with van der Waals surface area (Å²) in [5.41, 5.74) is 1.16. The first-order chi connectivity index (χ1) is 10.8. The summed E-state index contributed by atoms with van der Waals surface area (Å²) < 4.78 is 13.3. The van der Waals surface area contributed by atoms with Crippen LogP contribution in [0.15, 0.2) is 24.3 Å². The molecule has 1 nitrogen and oxygen atoms in total. The molecule has 0 bridgehead atoms. The van der Waals surface area contributed by atoms with E-state index in [1.807, 2.05) is 12.1 Å². The number of aliphatic hydroxyl groups excluding tert-OH is 1. The smallest absolute Gasteiger partial charge is 0.123 e. The number of rotatable bonds is 9. The van der Waals surface area contributed by atoms with E-state index in [0.29, 0.717) is 23.7 Å². The standard InChI is InChI=1S/C21H35FO/c1-7-17(15(4)5)12-20(18-8-10-19(22)11-9-18)21(13-23)16(6)14(2)3/h8-11,14-17,20-21,23H,7,12-13H2,1-6H3. The van der Waals surface area contributed by atoms with Crippen LogP contribution in [-0.2, 0) is 0 Å². The zero-order valence-corrected chi connectivity index (χ0v) is 15.7. The zero-order chi connectivity index (χ0) is 17.6. The molecule has 0 spiro atoms. The molecule has 0 aliphatic rings.